The molecule has 1 aromatic rings. The second kappa shape index (κ2) is 9.09. The maximum absolute atomic E-state index is 9.61. The lowest BCUT2D eigenvalue weighted by Gasteiger charge is -2.04. The highest BCUT2D eigenvalue weighted by molar-refractivity contribution is 5.31. The van der Waals surface area contributed by atoms with Crippen LogP contribution >= 0.6 is 0 Å². The van der Waals surface area contributed by atoms with Crippen molar-refractivity contribution >= 4 is 0 Å². The minimum absolute atomic E-state index is 0.454. The van der Waals surface area contributed by atoms with Gasteiger partial charge in [0.1, 0.15) is 5.75 Å². The van der Waals surface area contributed by atoms with Crippen LogP contribution in [0, 0.1) is 0 Å². The van der Waals surface area contributed by atoms with E-state index in [0.29, 0.717) is 5.75 Å². The lowest BCUT2D eigenvalue weighted by atomic mass is 10.0. The maximum atomic E-state index is 9.61. The number of aryl methyl sites for hydroxylation is 1. The molecule has 0 saturated heterocycles. The zero-order chi connectivity index (χ0) is 12.3. The van der Waals surface area contributed by atoms with Gasteiger partial charge in [-0.2, -0.15) is 0 Å². The molecule has 1 nitrogen and oxygen atoms in total. The van der Waals surface area contributed by atoms with E-state index in [1.165, 1.54) is 51.4 Å². The van der Waals surface area contributed by atoms with Crippen molar-refractivity contribution in [2.45, 2.75) is 64.7 Å². The van der Waals surface area contributed by atoms with E-state index in [1.54, 1.807) is 6.07 Å². The van der Waals surface area contributed by atoms with Gasteiger partial charge in [0.2, 0.25) is 0 Å². The summed E-state index contributed by atoms with van der Waals surface area (Å²) in [6.07, 6.45) is 11.7. The highest BCUT2D eigenvalue weighted by Crippen LogP contribution is 2.18. The van der Waals surface area contributed by atoms with E-state index in [1.807, 2.05) is 18.2 Å². The summed E-state index contributed by atoms with van der Waals surface area (Å²) < 4.78 is 0. The van der Waals surface area contributed by atoms with Gasteiger partial charge in [-0.25, -0.2) is 0 Å². The van der Waals surface area contributed by atoms with Crippen LogP contribution in [0.15, 0.2) is 24.3 Å². The van der Waals surface area contributed by atoms with E-state index >= 15 is 0 Å². The molecule has 0 aliphatic carbocycles. The summed E-state index contributed by atoms with van der Waals surface area (Å²) in [6.45, 7) is 2.26. The van der Waals surface area contributed by atoms with E-state index in [2.05, 4.69) is 6.92 Å². The first-order chi connectivity index (χ1) is 8.34. The Morgan fingerprint density at radius 2 is 1.41 bits per heavy atom. The Bertz CT molecular complexity index is 293. The molecule has 0 bridgehead atoms. The number of para-hydroxylation sites is 1. The fraction of sp³-hybridized carbons (Fsp3) is 0.625. The van der Waals surface area contributed by atoms with E-state index in [9.17, 15) is 5.11 Å². The molecule has 1 aromatic carbocycles. The number of benzene rings is 1. The average Bonchev–Trinajstić information content (AvgIpc) is 2.35. The summed E-state index contributed by atoms with van der Waals surface area (Å²) in [5.74, 6) is 0.454. The molecule has 0 heterocycles. The molecule has 1 rings (SSSR count). The predicted octanol–water partition coefficient (Wildman–Crippen LogP) is 5.08. The van der Waals surface area contributed by atoms with Gasteiger partial charge in [-0.1, -0.05) is 70.1 Å². The summed E-state index contributed by atoms with van der Waals surface area (Å²) in [6, 6.07) is 7.68. The van der Waals surface area contributed by atoms with Crippen molar-refractivity contribution in [3.8, 4) is 5.75 Å². The third-order valence-corrected chi connectivity index (χ3v) is 3.29. The molecular weight excluding hydrogens is 208 g/mol. The van der Waals surface area contributed by atoms with Crippen molar-refractivity contribution in [1.29, 1.82) is 0 Å². The van der Waals surface area contributed by atoms with Gasteiger partial charge >= 0.3 is 0 Å². The molecule has 1 N–H and O–H groups in total. The van der Waals surface area contributed by atoms with Gasteiger partial charge in [0.05, 0.1) is 0 Å². The van der Waals surface area contributed by atoms with Crippen LogP contribution in [0.3, 0.4) is 0 Å². The number of hydrogen-bond acceptors (Lipinski definition) is 1. The first-order valence-electron chi connectivity index (χ1n) is 7.11. The SMILES string of the molecule is CCCCCCCCCCc1ccccc1O. The lowest BCUT2D eigenvalue weighted by molar-refractivity contribution is 0.466. The molecule has 0 unspecified atom stereocenters. The molecule has 0 saturated carbocycles. The van der Waals surface area contributed by atoms with Crippen LogP contribution in [0.1, 0.15) is 63.9 Å². The molecule has 0 fully saturated rings. The van der Waals surface area contributed by atoms with Gasteiger partial charge in [-0.3, -0.25) is 0 Å². The van der Waals surface area contributed by atoms with Crippen LogP contribution in [0.25, 0.3) is 0 Å². The Balaban J connectivity index is 1.99. The Morgan fingerprint density at radius 1 is 0.824 bits per heavy atom. The van der Waals surface area contributed by atoms with Crippen molar-refractivity contribution < 1.29 is 5.11 Å². The van der Waals surface area contributed by atoms with Crippen LogP contribution in [0.5, 0.6) is 5.75 Å². The Hall–Kier alpha value is -0.980. The van der Waals surface area contributed by atoms with Crippen molar-refractivity contribution in [3.63, 3.8) is 0 Å². The number of hydrogen-bond donors (Lipinski definition) is 1. The van der Waals surface area contributed by atoms with E-state index in [0.717, 1.165) is 12.0 Å². The molecule has 17 heavy (non-hydrogen) atoms. The van der Waals surface area contributed by atoms with Crippen LogP contribution in [0.4, 0.5) is 0 Å². The summed E-state index contributed by atoms with van der Waals surface area (Å²) in [5, 5.41) is 9.61. The Morgan fingerprint density at radius 3 is 2.06 bits per heavy atom. The molecule has 0 aromatic heterocycles. The first kappa shape index (κ1) is 14.1. The number of phenolic OH excluding ortho intramolecular Hbond substituents is 1. The topological polar surface area (TPSA) is 20.2 Å². The summed E-state index contributed by atoms with van der Waals surface area (Å²) >= 11 is 0. The molecule has 0 radical (unpaired) electrons. The zero-order valence-electron chi connectivity index (χ0n) is 11.1. The van der Waals surface area contributed by atoms with Crippen molar-refractivity contribution in [2.24, 2.45) is 0 Å². The normalized spacial score (nSPS) is 10.6. The van der Waals surface area contributed by atoms with Crippen LogP contribution in [-0.2, 0) is 6.42 Å². The fourth-order valence-electron chi connectivity index (χ4n) is 2.17. The van der Waals surface area contributed by atoms with Crippen LogP contribution < -0.4 is 0 Å². The molecule has 0 aliphatic rings. The zero-order valence-corrected chi connectivity index (χ0v) is 11.1. The molecule has 1 heteroatoms. The van der Waals surface area contributed by atoms with Crippen LogP contribution in [0.2, 0.25) is 0 Å². The summed E-state index contributed by atoms with van der Waals surface area (Å²) in [7, 11) is 0. The van der Waals surface area contributed by atoms with Crippen molar-refractivity contribution in [2.75, 3.05) is 0 Å². The standard InChI is InChI=1S/C16H26O/c1-2-3-4-5-6-7-8-9-12-15-13-10-11-14-16(15)17/h10-11,13-14,17H,2-9,12H2,1H3. The average molecular weight is 234 g/mol. The minimum Gasteiger partial charge on any atom is -0.508 e. The molecule has 0 spiro atoms. The van der Waals surface area contributed by atoms with Crippen molar-refractivity contribution in [3.05, 3.63) is 29.8 Å². The lowest BCUT2D eigenvalue weighted by Crippen LogP contribution is -1.87. The summed E-state index contributed by atoms with van der Waals surface area (Å²) in [4.78, 5) is 0. The highest BCUT2D eigenvalue weighted by Gasteiger charge is 1.98. The van der Waals surface area contributed by atoms with E-state index in [-0.39, 0.29) is 0 Å². The number of phenols is 1. The van der Waals surface area contributed by atoms with Gasteiger partial charge in [0.25, 0.3) is 0 Å². The number of aromatic hydroxyl groups is 1. The van der Waals surface area contributed by atoms with Gasteiger partial charge in [-0.15, -0.1) is 0 Å². The van der Waals surface area contributed by atoms with E-state index < -0.39 is 0 Å². The minimum atomic E-state index is 0.454. The Kier molecular flexibility index (Phi) is 7.53. The quantitative estimate of drug-likeness (QED) is 0.591. The third kappa shape index (κ3) is 6.35. The first-order valence-corrected chi connectivity index (χ1v) is 7.11. The number of rotatable bonds is 9. The van der Waals surface area contributed by atoms with Gasteiger partial charge in [0.15, 0.2) is 0 Å². The summed E-state index contributed by atoms with van der Waals surface area (Å²) in [5.41, 5.74) is 1.10. The van der Waals surface area contributed by atoms with Gasteiger partial charge < -0.3 is 5.11 Å². The fourth-order valence-corrected chi connectivity index (χ4v) is 2.17. The highest BCUT2D eigenvalue weighted by atomic mass is 16.3. The molecule has 96 valence electrons. The van der Waals surface area contributed by atoms with Gasteiger partial charge in [-0.05, 0) is 24.5 Å². The van der Waals surface area contributed by atoms with E-state index in [4.69, 9.17) is 0 Å². The molecule has 0 aliphatic heterocycles. The molecular formula is C16H26O. The second-order valence-electron chi connectivity index (χ2n) is 4.85. The number of unbranched alkanes of at least 4 members (excludes halogenated alkanes) is 7. The van der Waals surface area contributed by atoms with Crippen LogP contribution in [-0.4, -0.2) is 5.11 Å². The second-order valence-corrected chi connectivity index (χ2v) is 4.85. The van der Waals surface area contributed by atoms with Gasteiger partial charge in [0, 0.05) is 0 Å². The smallest absolute Gasteiger partial charge is 0.118 e. The monoisotopic (exact) mass is 234 g/mol. The third-order valence-electron chi connectivity index (χ3n) is 3.29. The predicted molar refractivity (Wildman–Crippen MR) is 74.4 cm³/mol. The largest absolute Gasteiger partial charge is 0.508 e. The maximum Gasteiger partial charge on any atom is 0.118 e. The van der Waals surface area contributed by atoms with Crippen molar-refractivity contribution in [1.82, 2.24) is 0 Å². The molecule has 0 amide bonds. The molecule has 0 atom stereocenters. The Labute approximate surface area is 106 Å².